The summed E-state index contributed by atoms with van der Waals surface area (Å²) in [5.74, 6) is 0.797. The SMILES string of the molecule is O=C(Nc1nccs1)C1CCCN(c2ccc(-c3cccs3)nn2)C1. The first-order valence-electron chi connectivity index (χ1n) is 8.12. The Morgan fingerprint density at radius 2 is 2.16 bits per heavy atom. The summed E-state index contributed by atoms with van der Waals surface area (Å²) in [6.07, 6.45) is 3.54. The highest BCUT2D eigenvalue weighted by Crippen LogP contribution is 2.26. The molecule has 0 aromatic carbocycles. The number of anilines is 2. The Labute approximate surface area is 153 Å². The number of thiophene rings is 1. The van der Waals surface area contributed by atoms with Gasteiger partial charge >= 0.3 is 0 Å². The minimum Gasteiger partial charge on any atom is -0.354 e. The molecule has 1 fully saturated rings. The Kier molecular flexibility index (Phi) is 4.71. The van der Waals surface area contributed by atoms with E-state index >= 15 is 0 Å². The number of carbonyl (C=O) groups is 1. The molecule has 1 aliphatic rings. The third kappa shape index (κ3) is 3.69. The highest BCUT2D eigenvalue weighted by molar-refractivity contribution is 7.14. The first kappa shape index (κ1) is 16.2. The third-order valence-electron chi connectivity index (χ3n) is 4.20. The quantitative estimate of drug-likeness (QED) is 0.760. The maximum absolute atomic E-state index is 12.4. The van der Waals surface area contributed by atoms with Crippen molar-refractivity contribution in [1.29, 1.82) is 0 Å². The van der Waals surface area contributed by atoms with E-state index in [1.54, 1.807) is 17.5 Å². The number of amides is 1. The summed E-state index contributed by atoms with van der Waals surface area (Å²) in [5.41, 5.74) is 0.883. The largest absolute Gasteiger partial charge is 0.354 e. The van der Waals surface area contributed by atoms with E-state index in [2.05, 4.69) is 25.4 Å². The van der Waals surface area contributed by atoms with Crippen molar-refractivity contribution in [1.82, 2.24) is 15.2 Å². The second-order valence-electron chi connectivity index (χ2n) is 5.87. The molecule has 3 aromatic rings. The summed E-state index contributed by atoms with van der Waals surface area (Å²) in [6, 6.07) is 8.02. The van der Waals surface area contributed by atoms with Gasteiger partial charge in [-0.1, -0.05) is 6.07 Å². The Balaban J connectivity index is 1.43. The van der Waals surface area contributed by atoms with Gasteiger partial charge in [0, 0.05) is 24.7 Å². The van der Waals surface area contributed by atoms with Crippen molar-refractivity contribution >= 4 is 39.5 Å². The van der Waals surface area contributed by atoms with E-state index in [-0.39, 0.29) is 11.8 Å². The lowest BCUT2D eigenvalue weighted by atomic mass is 9.97. The number of hydrogen-bond acceptors (Lipinski definition) is 7. The lowest BCUT2D eigenvalue weighted by Gasteiger charge is -2.32. The lowest BCUT2D eigenvalue weighted by molar-refractivity contribution is -0.120. The fourth-order valence-corrected chi connectivity index (χ4v) is 4.16. The monoisotopic (exact) mass is 371 g/mol. The number of nitrogens with zero attached hydrogens (tertiary/aromatic N) is 4. The van der Waals surface area contributed by atoms with Crippen molar-refractivity contribution in [2.45, 2.75) is 12.8 Å². The minimum atomic E-state index is -0.0589. The minimum absolute atomic E-state index is 0.0304. The molecule has 1 saturated heterocycles. The predicted molar refractivity (Wildman–Crippen MR) is 101 cm³/mol. The average molecular weight is 371 g/mol. The molecule has 1 unspecified atom stereocenters. The van der Waals surface area contributed by atoms with Gasteiger partial charge in [0.25, 0.3) is 0 Å². The van der Waals surface area contributed by atoms with Crippen molar-refractivity contribution < 1.29 is 4.79 Å². The zero-order valence-corrected chi connectivity index (χ0v) is 15.1. The number of rotatable bonds is 4. The second kappa shape index (κ2) is 7.28. The molecule has 6 nitrogen and oxygen atoms in total. The van der Waals surface area contributed by atoms with Crippen LogP contribution in [0.1, 0.15) is 12.8 Å². The number of piperidine rings is 1. The van der Waals surface area contributed by atoms with Gasteiger partial charge in [-0.05, 0) is 36.4 Å². The molecule has 4 rings (SSSR count). The molecule has 0 spiro atoms. The van der Waals surface area contributed by atoms with Crippen LogP contribution < -0.4 is 10.2 Å². The molecule has 0 bridgehead atoms. The van der Waals surface area contributed by atoms with E-state index in [0.717, 1.165) is 35.8 Å². The van der Waals surface area contributed by atoms with E-state index in [9.17, 15) is 4.79 Å². The van der Waals surface area contributed by atoms with Gasteiger partial charge in [0.2, 0.25) is 5.91 Å². The van der Waals surface area contributed by atoms with Crippen LogP contribution in [0.2, 0.25) is 0 Å². The maximum atomic E-state index is 12.4. The van der Waals surface area contributed by atoms with Crippen LogP contribution >= 0.6 is 22.7 Å². The van der Waals surface area contributed by atoms with Gasteiger partial charge in [0.1, 0.15) is 5.69 Å². The molecule has 0 aliphatic carbocycles. The number of carbonyl (C=O) groups excluding carboxylic acids is 1. The fourth-order valence-electron chi connectivity index (χ4n) is 2.94. The summed E-state index contributed by atoms with van der Waals surface area (Å²) in [4.78, 5) is 19.8. The predicted octanol–water partition coefficient (Wildman–Crippen LogP) is 3.52. The average Bonchev–Trinajstić information content (AvgIpc) is 3.36. The number of hydrogen-bond donors (Lipinski definition) is 1. The molecule has 1 N–H and O–H groups in total. The molecule has 4 heterocycles. The smallest absolute Gasteiger partial charge is 0.231 e. The Hall–Kier alpha value is -2.32. The molecule has 0 saturated carbocycles. The molecule has 3 aromatic heterocycles. The summed E-state index contributed by atoms with van der Waals surface area (Å²) in [7, 11) is 0. The van der Waals surface area contributed by atoms with E-state index in [0.29, 0.717) is 11.7 Å². The van der Waals surface area contributed by atoms with Gasteiger partial charge in [0.05, 0.1) is 10.8 Å². The molecule has 8 heteroatoms. The first-order valence-corrected chi connectivity index (χ1v) is 9.88. The highest BCUT2D eigenvalue weighted by Gasteiger charge is 2.27. The number of aromatic nitrogens is 3. The molecule has 0 radical (unpaired) electrons. The van der Waals surface area contributed by atoms with E-state index in [1.807, 2.05) is 35.0 Å². The molecular weight excluding hydrogens is 354 g/mol. The van der Waals surface area contributed by atoms with Crippen LogP contribution in [0.25, 0.3) is 10.6 Å². The van der Waals surface area contributed by atoms with Crippen LogP contribution in [0.5, 0.6) is 0 Å². The number of nitrogens with one attached hydrogen (secondary N) is 1. The Bertz CT molecular complexity index is 817. The fraction of sp³-hybridized carbons (Fsp3) is 0.294. The van der Waals surface area contributed by atoms with Crippen molar-refractivity contribution in [2.75, 3.05) is 23.3 Å². The third-order valence-corrected chi connectivity index (χ3v) is 5.78. The Morgan fingerprint density at radius 3 is 2.88 bits per heavy atom. The summed E-state index contributed by atoms with van der Waals surface area (Å²) in [5, 5.41) is 16.1. The van der Waals surface area contributed by atoms with Gasteiger partial charge < -0.3 is 10.2 Å². The van der Waals surface area contributed by atoms with Gasteiger partial charge in [-0.3, -0.25) is 4.79 Å². The molecular formula is C17H17N5OS2. The normalized spacial score (nSPS) is 17.4. The zero-order chi connectivity index (χ0) is 17.1. The zero-order valence-electron chi connectivity index (χ0n) is 13.5. The van der Waals surface area contributed by atoms with E-state index in [1.165, 1.54) is 11.3 Å². The van der Waals surface area contributed by atoms with Crippen LogP contribution in [0.4, 0.5) is 10.9 Å². The van der Waals surface area contributed by atoms with Crippen molar-refractivity contribution in [3.05, 3.63) is 41.2 Å². The van der Waals surface area contributed by atoms with E-state index in [4.69, 9.17) is 0 Å². The van der Waals surface area contributed by atoms with Crippen LogP contribution in [0, 0.1) is 5.92 Å². The standard InChI is InChI=1S/C17H17N5OS2/c23-16(19-17-18-7-10-25-17)12-3-1-8-22(11-12)15-6-5-13(20-21-15)14-4-2-9-24-14/h2,4-7,9-10,12H,1,3,8,11H2,(H,18,19,23). The van der Waals surface area contributed by atoms with Gasteiger partial charge in [-0.2, -0.15) is 0 Å². The van der Waals surface area contributed by atoms with Crippen LogP contribution in [0.15, 0.2) is 41.2 Å². The summed E-state index contributed by atoms with van der Waals surface area (Å²) in [6.45, 7) is 1.55. The second-order valence-corrected chi connectivity index (χ2v) is 7.71. The molecule has 128 valence electrons. The van der Waals surface area contributed by atoms with Crippen molar-refractivity contribution in [3.63, 3.8) is 0 Å². The lowest BCUT2D eigenvalue weighted by Crippen LogP contribution is -2.41. The van der Waals surface area contributed by atoms with E-state index < -0.39 is 0 Å². The topological polar surface area (TPSA) is 71.0 Å². The van der Waals surface area contributed by atoms with Crippen molar-refractivity contribution in [2.24, 2.45) is 5.92 Å². The summed E-state index contributed by atoms with van der Waals surface area (Å²) >= 11 is 3.08. The highest BCUT2D eigenvalue weighted by atomic mass is 32.1. The Morgan fingerprint density at radius 1 is 1.20 bits per heavy atom. The van der Waals surface area contributed by atoms with Crippen LogP contribution in [0.3, 0.4) is 0 Å². The molecule has 1 atom stereocenters. The maximum Gasteiger partial charge on any atom is 0.231 e. The first-order chi connectivity index (χ1) is 12.3. The van der Waals surface area contributed by atoms with Gasteiger partial charge in [0.15, 0.2) is 10.9 Å². The molecule has 1 amide bonds. The van der Waals surface area contributed by atoms with Crippen LogP contribution in [-0.4, -0.2) is 34.2 Å². The van der Waals surface area contributed by atoms with Crippen LogP contribution in [-0.2, 0) is 4.79 Å². The van der Waals surface area contributed by atoms with Gasteiger partial charge in [-0.15, -0.1) is 32.9 Å². The molecule has 1 aliphatic heterocycles. The molecule has 25 heavy (non-hydrogen) atoms. The number of thiazole rings is 1. The van der Waals surface area contributed by atoms with Crippen molar-refractivity contribution in [3.8, 4) is 10.6 Å². The summed E-state index contributed by atoms with van der Waals surface area (Å²) < 4.78 is 0. The van der Waals surface area contributed by atoms with Gasteiger partial charge in [-0.25, -0.2) is 4.98 Å².